The number of primary amides is 2. The quantitative estimate of drug-likeness (QED) is 0.106. The molecule has 0 spiro atoms. The molecule has 0 bridgehead atoms. The van der Waals surface area contributed by atoms with Gasteiger partial charge < -0.3 is 43.4 Å². The van der Waals surface area contributed by atoms with Crippen LogP contribution >= 0.6 is 0 Å². The monoisotopic (exact) mass is 488 g/mol. The third kappa shape index (κ3) is 12.3. The van der Waals surface area contributed by atoms with Crippen molar-refractivity contribution in [3.8, 4) is 0 Å². The largest absolute Gasteiger partial charge is 0.481 e. The molecule has 0 radical (unpaired) electrons. The van der Waals surface area contributed by atoms with E-state index in [1.54, 1.807) is 13.8 Å². The van der Waals surface area contributed by atoms with E-state index < -0.39 is 78.5 Å². The standard InChI is InChI=1S/C19H32N6O9/c1-8(2)5-11(24-16(30)9(20)6-14(22)27)18(32)23-10(3-4-13(21)26)17(31)25-12(19(33)34)7-15(28)29/h8-12H,3-7,20H2,1-2H3,(H2,21,26)(H2,22,27)(H,23,32)(H,24,30)(H,25,31)(H,28,29)(H,33,34). The van der Waals surface area contributed by atoms with Crippen molar-refractivity contribution in [3.05, 3.63) is 0 Å². The van der Waals surface area contributed by atoms with Gasteiger partial charge in [0.25, 0.3) is 0 Å². The molecule has 0 aliphatic heterocycles. The summed E-state index contributed by atoms with van der Waals surface area (Å²) in [5.41, 5.74) is 15.7. The smallest absolute Gasteiger partial charge is 0.326 e. The molecular weight excluding hydrogens is 456 g/mol. The summed E-state index contributed by atoms with van der Waals surface area (Å²) in [7, 11) is 0. The van der Waals surface area contributed by atoms with E-state index in [0.29, 0.717) is 0 Å². The van der Waals surface area contributed by atoms with Gasteiger partial charge in [-0.1, -0.05) is 13.8 Å². The average molecular weight is 488 g/mol. The molecule has 5 amide bonds. The third-order valence-corrected chi connectivity index (χ3v) is 4.40. The van der Waals surface area contributed by atoms with E-state index in [-0.39, 0.29) is 25.2 Å². The zero-order valence-electron chi connectivity index (χ0n) is 18.9. The van der Waals surface area contributed by atoms with Gasteiger partial charge in [0.05, 0.1) is 18.9 Å². The summed E-state index contributed by atoms with van der Waals surface area (Å²) < 4.78 is 0. The van der Waals surface area contributed by atoms with Crippen LogP contribution in [-0.2, 0) is 33.6 Å². The first kappa shape index (κ1) is 30.2. The topological polar surface area (TPSA) is 274 Å². The van der Waals surface area contributed by atoms with E-state index in [2.05, 4.69) is 10.6 Å². The second-order valence-electron chi connectivity index (χ2n) is 8.03. The molecule has 4 unspecified atom stereocenters. The van der Waals surface area contributed by atoms with Gasteiger partial charge in [-0.2, -0.15) is 0 Å². The Morgan fingerprint density at radius 3 is 1.68 bits per heavy atom. The highest BCUT2D eigenvalue weighted by Crippen LogP contribution is 2.08. The van der Waals surface area contributed by atoms with Gasteiger partial charge in [-0.05, 0) is 18.8 Å². The van der Waals surface area contributed by atoms with Crippen molar-refractivity contribution in [3.63, 3.8) is 0 Å². The van der Waals surface area contributed by atoms with Gasteiger partial charge in [-0.15, -0.1) is 0 Å². The molecule has 4 atom stereocenters. The van der Waals surface area contributed by atoms with Crippen LogP contribution in [-0.4, -0.2) is 75.9 Å². The zero-order chi connectivity index (χ0) is 26.6. The van der Waals surface area contributed by atoms with Crippen LogP contribution in [0, 0.1) is 5.92 Å². The lowest BCUT2D eigenvalue weighted by Crippen LogP contribution is -2.57. The van der Waals surface area contributed by atoms with Crippen LogP contribution in [0.15, 0.2) is 0 Å². The maximum atomic E-state index is 12.9. The number of nitrogens with two attached hydrogens (primary N) is 3. The Balaban J connectivity index is 5.61. The third-order valence-electron chi connectivity index (χ3n) is 4.40. The molecule has 0 aliphatic carbocycles. The predicted octanol–water partition coefficient (Wildman–Crippen LogP) is -3.49. The number of aliphatic carboxylic acids is 2. The highest BCUT2D eigenvalue weighted by Gasteiger charge is 2.31. The Morgan fingerprint density at radius 2 is 1.24 bits per heavy atom. The maximum absolute atomic E-state index is 12.9. The number of hydrogen-bond acceptors (Lipinski definition) is 8. The highest BCUT2D eigenvalue weighted by molar-refractivity contribution is 5.95. The second-order valence-corrected chi connectivity index (χ2v) is 8.03. The molecule has 0 saturated heterocycles. The highest BCUT2D eigenvalue weighted by atomic mass is 16.4. The van der Waals surface area contributed by atoms with Crippen LogP contribution in [0.1, 0.15) is 46.0 Å². The number of carboxylic acid groups (broad SMARTS) is 2. The Bertz CT molecular complexity index is 801. The summed E-state index contributed by atoms with van der Waals surface area (Å²) in [6.07, 6.45) is -1.98. The first-order chi connectivity index (χ1) is 15.6. The molecule has 0 fully saturated rings. The SMILES string of the molecule is CC(C)CC(NC(=O)C(N)CC(N)=O)C(=O)NC(CCC(N)=O)C(=O)NC(CC(=O)O)C(=O)O. The summed E-state index contributed by atoms with van der Waals surface area (Å²) in [4.78, 5) is 81.9. The van der Waals surface area contributed by atoms with E-state index in [1.165, 1.54) is 0 Å². The number of rotatable bonds is 16. The summed E-state index contributed by atoms with van der Waals surface area (Å²) in [5.74, 6) is -7.63. The lowest BCUT2D eigenvalue weighted by Gasteiger charge is -2.25. The van der Waals surface area contributed by atoms with Crippen molar-refractivity contribution in [1.82, 2.24) is 16.0 Å². The van der Waals surface area contributed by atoms with E-state index >= 15 is 0 Å². The molecule has 0 aliphatic rings. The molecule has 0 heterocycles. The van der Waals surface area contributed by atoms with Gasteiger partial charge in [0, 0.05) is 6.42 Å². The second kappa shape index (κ2) is 14.4. The van der Waals surface area contributed by atoms with Gasteiger partial charge in [-0.3, -0.25) is 28.8 Å². The lowest BCUT2D eigenvalue weighted by molar-refractivity contribution is -0.147. The fourth-order valence-corrected chi connectivity index (χ4v) is 2.77. The summed E-state index contributed by atoms with van der Waals surface area (Å²) in [5, 5.41) is 24.6. The van der Waals surface area contributed by atoms with Crippen LogP contribution in [0.2, 0.25) is 0 Å². The van der Waals surface area contributed by atoms with E-state index in [9.17, 15) is 33.6 Å². The number of amides is 5. The van der Waals surface area contributed by atoms with Crippen LogP contribution in [0.3, 0.4) is 0 Å². The molecule has 34 heavy (non-hydrogen) atoms. The lowest BCUT2D eigenvalue weighted by atomic mass is 10.0. The van der Waals surface area contributed by atoms with E-state index in [1.807, 2.05) is 5.32 Å². The number of nitrogens with one attached hydrogen (secondary N) is 3. The molecule has 0 aromatic rings. The Kier molecular flexibility index (Phi) is 12.8. The van der Waals surface area contributed by atoms with Crippen molar-refractivity contribution in [2.75, 3.05) is 0 Å². The zero-order valence-corrected chi connectivity index (χ0v) is 18.9. The van der Waals surface area contributed by atoms with Crippen LogP contribution in [0.4, 0.5) is 0 Å². The fourth-order valence-electron chi connectivity index (χ4n) is 2.77. The summed E-state index contributed by atoms with van der Waals surface area (Å²) in [6.45, 7) is 3.49. The molecule has 15 heteroatoms. The minimum Gasteiger partial charge on any atom is -0.481 e. The van der Waals surface area contributed by atoms with Crippen molar-refractivity contribution < 1.29 is 43.8 Å². The summed E-state index contributed by atoms with van der Waals surface area (Å²) in [6, 6.07) is -5.79. The molecule has 0 aromatic carbocycles. The molecule has 15 nitrogen and oxygen atoms in total. The number of carbonyl (C=O) groups excluding carboxylic acids is 5. The minimum atomic E-state index is -1.80. The maximum Gasteiger partial charge on any atom is 0.326 e. The molecular formula is C19H32N6O9. The average Bonchev–Trinajstić information content (AvgIpc) is 2.68. The Labute approximate surface area is 195 Å². The van der Waals surface area contributed by atoms with Crippen LogP contribution in [0.25, 0.3) is 0 Å². The molecule has 0 rings (SSSR count). The predicted molar refractivity (Wildman–Crippen MR) is 115 cm³/mol. The van der Waals surface area contributed by atoms with Crippen LogP contribution in [0.5, 0.6) is 0 Å². The number of carbonyl (C=O) groups is 7. The molecule has 0 aromatic heterocycles. The normalized spacial score (nSPS) is 14.2. The molecule has 11 N–H and O–H groups in total. The Morgan fingerprint density at radius 1 is 0.735 bits per heavy atom. The Hall–Kier alpha value is -3.75. The number of carboxylic acids is 2. The van der Waals surface area contributed by atoms with E-state index in [0.717, 1.165) is 0 Å². The summed E-state index contributed by atoms with van der Waals surface area (Å²) >= 11 is 0. The van der Waals surface area contributed by atoms with Gasteiger partial charge in [-0.25, -0.2) is 4.79 Å². The fraction of sp³-hybridized carbons (Fsp3) is 0.632. The van der Waals surface area contributed by atoms with Gasteiger partial charge >= 0.3 is 11.9 Å². The first-order valence-electron chi connectivity index (χ1n) is 10.3. The van der Waals surface area contributed by atoms with Crippen molar-refractivity contribution in [2.24, 2.45) is 23.1 Å². The number of hydrogen-bond donors (Lipinski definition) is 8. The van der Waals surface area contributed by atoms with E-state index in [4.69, 9.17) is 27.4 Å². The van der Waals surface area contributed by atoms with Crippen molar-refractivity contribution in [2.45, 2.75) is 70.1 Å². The molecule has 0 saturated carbocycles. The molecule has 192 valence electrons. The van der Waals surface area contributed by atoms with Gasteiger partial charge in [0.15, 0.2) is 0 Å². The van der Waals surface area contributed by atoms with Gasteiger partial charge in [0.2, 0.25) is 29.5 Å². The van der Waals surface area contributed by atoms with Gasteiger partial charge in [0.1, 0.15) is 18.1 Å². The minimum absolute atomic E-state index is 0.0990. The first-order valence-corrected chi connectivity index (χ1v) is 10.3. The van der Waals surface area contributed by atoms with Crippen molar-refractivity contribution >= 4 is 41.5 Å². The van der Waals surface area contributed by atoms with Crippen molar-refractivity contribution in [1.29, 1.82) is 0 Å². The van der Waals surface area contributed by atoms with Crippen LogP contribution < -0.4 is 33.2 Å².